The molecule has 0 amide bonds. The van der Waals surface area contributed by atoms with Gasteiger partial charge in [-0.25, -0.2) is 0 Å². The Hall–Kier alpha value is 0.0100. The minimum Gasteiger partial charge on any atom is -0.318 e. The minimum absolute atomic E-state index is 0.735. The van der Waals surface area contributed by atoms with Crippen molar-refractivity contribution < 1.29 is 0 Å². The first kappa shape index (κ1) is 8.60. The van der Waals surface area contributed by atoms with Crippen LogP contribution in [-0.2, 0) is 0 Å². The van der Waals surface area contributed by atoms with Crippen LogP contribution in [0.3, 0.4) is 0 Å². The molecule has 0 N–H and O–H groups in total. The lowest BCUT2D eigenvalue weighted by Crippen LogP contribution is -2.22. The molecule has 0 aromatic carbocycles. The van der Waals surface area contributed by atoms with Gasteiger partial charge >= 0.3 is 0 Å². The van der Waals surface area contributed by atoms with Gasteiger partial charge in [-0.1, -0.05) is 19.1 Å². The molecule has 0 radical (unpaired) electrons. The molecule has 1 atom stereocenters. The molecule has 12 heavy (non-hydrogen) atoms. The summed E-state index contributed by atoms with van der Waals surface area (Å²) in [4.78, 5) is 0. The van der Waals surface area contributed by atoms with Gasteiger partial charge in [-0.3, -0.25) is 0 Å². The molecule has 2 aliphatic rings. The molecule has 2 heteroatoms. The Morgan fingerprint density at radius 2 is 2.42 bits per heavy atom. The maximum atomic E-state index is 2.44. The zero-order chi connectivity index (χ0) is 8.55. The average Bonchev–Trinajstić information content (AvgIpc) is 2.07. The third kappa shape index (κ3) is 1.53. The number of nitrogens with zero attached hydrogens (tertiary/aromatic N) is 1. The first-order valence-corrected chi connectivity index (χ1v) is 5.57. The second kappa shape index (κ2) is 3.40. The van der Waals surface area contributed by atoms with Crippen molar-refractivity contribution in [2.45, 2.75) is 26.2 Å². The van der Waals surface area contributed by atoms with Gasteiger partial charge in [0.1, 0.15) is 0 Å². The summed E-state index contributed by atoms with van der Waals surface area (Å²) < 4.78 is 2.40. The molecule has 0 aromatic heterocycles. The second-order valence-electron chi connectivity index (χ2n) is 3.70. The molecule has 0 saturated heterocycles. The van der Waals surface area contributed by atoms with Gasteiger partial charge in [0.2, 0.25) is 0 Å². The summed E-state index contributed by atoms with van der Waals surface area (Å²) in [6.07, 6.45) is 8.52. The second-order valence-corrected chi connectivity index (χ2v) is 4.87. The molecule has 1 heterocycles. The van der Waals surface area contributed by atoms with E-state index >= 15 is 0 Å². The zero-order valence-electron chi connectivity index (χ0n) is 7.39. The van der Waals surface area contributed by atoms with Crippen LogP contribution in [0, 0.1) is 5.92 Å². The zero-order valence-corrected chi connectivity index (χ0v) is 9.54. The maximum absolute atomic E-state index is 2.44. The molecule has 1 nitrogen and oxygen atoms in total. The van der Waals surface area contributed by atoms with Crippen molar-refractivity contribution in [3.8, 4) is 0 Å². The standard InChI is InChI=1S/C10H14IN/c1-8-4-5-9-3-2-6-12(11)10(9)7-8/h4-5,8H,2-3,6-7H2,1H3. The monoisotopic (exact) mass is 275 g/mol. The molecule has 0 aromatic rings. The molecule has 0 fully saturated rings. The average molecular weight is 275 g/mol. The number of halogens is 1. The highest BCUT2D eigenvalue weighted by molar-refractivity contribution is 14.1. The van der Waals surface area contributed by atoms with Crippen LogP contribution in [0.5, 0.6) is 0 Å². The van der Waals surface area contributed by atoms with E-state index < -0.39 is 0 Å². The van der Waals surface area contributed by atoms with Gasteiger partial charge < -0.3 is 3.11 Å². The summed E-state index contributed by atoms with van der Waals surface area (Å²) in [7, 11) is 0. The molecule has 2 rings (SSSR count). The summed E-state index contributed by atoms with van der Waals surface area (Å²) in [6.45, 7) is 3.53. The Balaban J connectivity index is 2.26. The summed E-state index contributed by atoms with van der Waals surface area (Å²) in [5.41, 5.74) is 3.16. The van der Waals surface area contributed by atoms with Crippen molar-refractivity contribution in [3.05, 3.63) is 23.4 Å². The smallest absolute Gasteiger partial charge is 0.0588 e. The number of rotatable bonds is 0. The SMILES string of the molecule is CC1C=CC2=C(C1)N(I)CCC2. The quantitative estimate of drug-likeness (QED) is 0.484. The number of allylic oxidation sites excluding steroid dienone is 4. The molecule has 1 aliphatic heterocycles. The van der Waals surface area contributed by atoms with Crippen LogP contribution >= 0.6 is 22.9 Å². The van der Waals surface area contributed by atoms with Crippen molar-refractivity contribution in [3.63, 3.8) is 0 Å². The largest absolute Gasteiger partial charge is 0.318 e. The fourth-order valence-corrected chi connectivity index (χ4v) is 2.75. The molecule has 0 spiro atoms. The number of hydrogen-bond donors (Lipinski definition) is 0. The first-order chi connectivity index (χ1) is 5.77. The topological polar surface area (TPSA) is 3.24 Å². The van der Waals surface area contributed by atoms with Gasteiger partial charge in [0.05, 0.1) is 22.9 Å². The molecule has 66 valence electrons. The normalized spacial score (nSPS) is 29.2. The molecule has 0 bridgehead atoms. The first-order valence-electron chi connectivity index (χ1n) is 4.61. The molecule has 1 unspecified atom stereocenters. The summed E-state index contributed by atoms with van der Waals surface area (Å²) in [6, 6.07) is 0. The van der Waals surface area contributed by atoms with Gasteiger partial charge in [-0.05, 0) is 30.8 Å². The van der Waals surface area contributed by atoms with Gasteiger partial charge in [0.25, 0.3) is 0 Å². The Morgan fingerprint density at radius 1 is 1.58 bits per heavy atom. The lowest BCUT2D eigenvalue weighted by molar-refractivity contribution is 0.485. The Morgan fingerprint density at radius 3 is 3.25 bits per heavy atom. The maximum Gasteiger partial charge on any atom is 0.0588 e. The Bertz CT molecular complexity index is 242. The van der Waals surface area contributed by atoms with E-state index in [1.807, 2.05) is 0 Å². The molecular formula is C10H14IN. The summed E-state index contributed by atoms with van der Waals surface area (Å²) in [5.74, 6) is 0.735. The third-order valence-electron chi connectivity index (χ3n) is 2.61. The summed E-state index contributed by atoms with van der Waals surface area (Å²) in [5, 5.41) is 0. The Kier molecular flexibility index (Phi) is 2.44. The van der Waals surface area contributed by atoms with Crippen LogP contribution < -0.4 is 0 Å². The molecular weight excluding hydrogens is 261 g/mol. The fourth-order valence-electron chi connectivity index (χ4n) is 1.91. The minimum atomic E-state index is 0.735. The lowest BCUT2D eigenvalue weighted by Gasteiger charge is -2.31. The fraction of sp³-hybridized carbons (Fsp3) is 0.600. The van der Waals surface area contributed by atoms with E-state index in [1.54, 1.807) is 11.3 Å². The van der Waals surface area contributed by atoms with Crippen LogP contribution in [0.15, 0.2) is 23.4 Å². The number of hydrogen-bond acceptors (Lipinski definition) is 1. The predicted molar refractivity (Wildman–Crippen MR) is 59.9 cm³/mol. The molecule has 1 aliphatic carbocycles. The van der Waals surface area contributed by atoms with E-state index in [1.165, 1.54) is 25.8 Å². The van der Waals surface area contributed by atoms with Crippen molar-refractivity contribution in [2.24, 2.45) is 5.92 Å². The van der Waals surface area contributed by atoms with Gasteiger partial charge in [0, 0.05) is 12.2 Å². The van der Waals surface area contributed by atoms with Crippen LogP contribution in [0.4, 0.5) is 0 Å². The van der Waals surface area contributed by atoms with Crippen LogP contribution in [0.25, 0.3) is 0 Å². The van der Waals surface area contributed by atoms with Crippen LogP contribution in [0.2, 0.25) is 0 Å². The third-order valence-corrected chi connectivity index (χ3v) is 3.67. The molecule has 0 saturated carbocycles. The van der Waals surface area contributed by atoms with E-state index in [4.69, 9.17) is 0 Å². The Labute approximate surface area is 88.0 Å². The van der Waals surface area contributed by atoms with Gasteiger partial charge in [-0.15, -0.1) is 0 Å². The summed E-state index contributed by atoms with van der Waals surface area (Å²) >= 11 is 2.44. The van der Waals surface area contributed by atoms with Gasteiger partial charge in [-0.2, -0.15) is 0 Å². The van der Waals surface area contributed by atoms with E-state index in [0.29, 0.717) is 0 Å². The predicted octanol–water partition coefficient (Wildman–Crippen LogP) is 3.28. The van der Waals surface area contributed by atoms with Crippen molar-refractivity contribution in [1.82, 2.24) is 3.11 Å². The van der Waals surface area contributed by atoms with E-state index in [-0.39, 0.29) is 0 Å². The van der Waals surface area contributed by atoms with E-state index in [2.05, 4.69) is 45.1 Å². The van der Waals surface area contributed by atoms with Gasteiger partial charge in [0.15, 0.2) is 0 Å². The highest BCUT2D eigenvalue weighted by Gasteiger charge is 2.20. The highest BCUT2D eigenvalue weighted by Crippen LogP contribution is 2.34. The van der Waals surface area contributed by atoms with Crippen molar-refractivity contribution in [2.75, 3.05) is 6.54 Å². The van der Waals surface area contributed by atoms with E-state index in [0.717, 1.165) is 5.92 Å². The highest BCUT2D eigenvalue weighted by atomic mass is 127. The van der Waals surface area contributed by atoms with Crippen molar-refractivity contribution in [1.29, 1.82) is 0 Å². The lowest BCUT2D eigenvalue weighted by atomic mass is 9.91. The van der Waals surface area contributed by atoms with Crippen molar-refractivity contribution >= 4 is 22.9 Å². The van der Waals surface area contributed by atoms with Crippen LogP contribution in [0.1, 0.15) is 26.2 Å². The van der Waals surface area contributed by atoms with Crippen LogP contribution in [-0.4, -0.2) is 9.66 Å². The van der Waals surface area contributed by atoms with E-state index in [9.17, 15) is 0 Å².